The number of hydrogen-bond acceptors (Lipinski definition) is 4. The van der Waals surface area contributed by atoms with Gasteiger partial charge < -0.3 is 15.3 Å². The number of carboxylic acids is 1. The molecule has 104 valence electrons. The van der Waals surface area contributed by atoms with E-state index >= 15 is 0 Å². The van der Waals surface area contributed by atoms with Gasteiger partial charge in [-0.1, -0.05) is 0 Å². The van der Waals surface area contributed by atoms with Gasteiger partial charge >= 0.3 is 5.97 Å². The van der Waals surface area contributed by atoms with Crippen LogP contribution in [0.5, 0.6) is 0 Å². The molecule has 2 rings (SSSR count). The summed E-state index contributed by atoms with van der Waals surface area (Å²) in [5.41, 5.74) is 0. The number of carbonyl (C=O) groups is 2. The first kappa shape index (κ1) is 14.0. The summed E-state index contributed by atoms with van der Waals surface area (Å²) >= 11 is 1.01. The summed E-state index contributed by atoms with van der Waals surface area (Å²) in [7, 11) is 0. The minimum atomic E-state index is -0.992. The lowest BCUT2D eigenvalue weighted by atomic mass is 10.3. The fourth-order valence-electron chi connectivity index (χ4n) is 2.27. The van der Waals surface area contributed by atoms with E-state index in [-0.39, 0.29) is 16.8 Å². The van der Waals surface area contributed by atoms with Gasteiger partial charge in [0.15, 0.2) is 0 Å². The van der Waals surface area contributed by atoms with Crippen LogP contribution in [-0.4, -0.2) is 47.6 Å². The van der Waals surface area contributed by atoms with E-state index in [1.165, 1.54) is 18.9 Å². The molecule has 19 heavy (non-hydrogen) atoms. The van der Waals surface area contributed by atoms with Crippen LogP contribution in [0.2, 0.25) is 0 Å². The van der Waals surface area contributed by atoms with E-state index in [1.54, 1.807) is 6.07 Å². The average Bonchev–Trinajstić information content (AvgIpc) is 2.98. The molecule has 0 aromatic carbocycles. The Morgan fingerprint density at radius 2 is 2.00 bits per heavy atom. The van der Waals surface area contributed by atoms with E-state index in [0.717, 1.165) is 31.0 Å². The Hall–Kier alpha value is -1.40. The van der Waals surface area contributed by atoms with Crippen LogP contribution in [0.25, 0.3) is 0 Å². The Kier molecular flexibility index (Phi) is 4.55. The molecule has 1 aliphatic rings. The number of thiophene rings is 1. The van der Waals surface area contributed by atoms with Crippen LogP contribution in [0.15, 0.2) is 12.1 Å². The van der Waals surface area contributed by atoms with Gasteiger partial charge in [-0.3, -0.25) is 4.79 Å². The maximum atomic E-state index is 12.0. The quantitative estimate of drug-likeness (QED) is 0.861. The molecular formula is C13H18N2O3S. The van der Waals surface area contributed by atoms with Gasteiger partial charge in [0.05, 0.1) is 4.88 Å². The lowest BCUT2D eigenvalue weighted by Crippen LogP contribution is -2.40. The molecule has 1 aromatic heterocycles. The molecule has 0 aliphatic carbocycles. The van der Waals surface area contributed by atoms with Gasteiger partial charge in [-0.15, -0.1) is 11.3 Å². The van der Waals surface area contributed by atoms with Gasteiger partial charge in [-0.05, 0) is 45.0 Å². The van der Waals surface area contributed by atoms with E-state index in [1.807, 2.05) is 6.92 Å². The number of rotatable bonds is 5. The summed E-state index contributed by atoms with van der Waals surface area (Å²) in [4.78, 5) is 25.7. The Morgan fingerprint density at radius 1 is 1.37 bits per heavy atom. The molecule has 5 nitrogen and oxygen atoms in total. The first-order valence-corrected chi connectivity index (χ1v) is 7.24. The molecule has 1 aromatic rings. The van der Waals surface area contributed by atoms with Gasteiger partial charge in [-0.2, -0.15) is 0 Å². The van der Waals surface area contributed by atoms with E-state index in [9.17, 15) is 9.59 Å². The van der Waals surface area contributed by atoms with Crippen LogP contribution in [-0.2, 0) is 0 Å². The van der Waals surface area contributed by atoms with Crippen LogP contribution in [0, 0.1) is 0 Å². The van der Waals surface area contributed by atoms with Crippen LogP contribution in [0.1, 0.15) is 39.1 Å². The van der Waals surface area contributed by atoms with Crippen LogP contribution in [0.3, 0.4) is 0 Å². The SMILES string of the molecule is CC(CN1CCCC1)NC(=O)c1ccc(C(=O)O)s1. The molecule has 1 fully saturated rings. The lowest BCUT2D eigenvalue weighted by Gasteiger charge is -2.20. The largest absolute Gasteiger partial charge is 0.477 e. The fourth-order valence-corrected chi connectivity index (χ4v) is 3.02. The summed E-state index contributed by atoms with van der Waals surface area (Å²) < 4.78 is 0. The average molecular weight is 282 g/mol. The van der Waals surface area contributed by atoms with E-state index < -0.39 is 5.97 Å². The first-order chi connectivity index (χ1) is 9.06. The number of likely N-dealkylation sites (tertiary alicyclic amines) is 1. The van der Waals surface area contributed by atoms with Gasteiger partial charge in [0, 0.05) is 12.6 Å². The monoisotopic (exact) mass is 282 g/mol. The topological polar surface area (TPSA) is 69.6 Å². The molecule has 2 N–H and O–H groups in total. The van der Waals surface area contributed by atoms with Crippen molar-refractivity contribution in [2.24, 2.45) is 0 Å². The highest BCUT2D eigenvalue weighted by Crippen LogP contribution is 2.16. The summed E-state index contributed by atoms with van der Waals surface area (Å²) in [6.07, 6.45) is 2.46. The molecule has 0 radical (unpaired) electrons. The second-order valence-electron chi connectivity index (χ2n) is 4.85. The molecule has 1 saturated heterocycles. The normalized spacial score (nSPS) is 17.3. The number of aromatic carboxylic acids is 1. The van der Waals surface area contributed by atoms with Crippen LogP contribution >= 0.6 is 11.3 Å². The molecule has 1 amide bonds. The predicted octanol–water partition coefficient (Wildman–Crippen LogP) is 1.66. The second kappa shape index (κ2) is 6.16. The molecular weight excluding hydrogens is 264 g/mol. The zero-order valence-corrected chi connectivity index (χ0v) is 11.7. The smallest absolute Gasteiger partial charge is 0.345 e. The first-order valence-electron chi connectivity index (χ1n) is 6.42. The highest BCUT2D eigenvalue weighted by atomic mass is 32.1. The summed E-state index contributed by atoms with van der Waals surface area (Å²) in [5, 5.41) is 11.7. The zero-order chi connectivity index (χ0) is 13.8. The molecule has 0 saturated carbocycles. The number of nitrogens with zero attached hydrogens (tertiary/aromatic N) is 1. The summed E-state index contributed by atoms with van der Waals surface area (Å²) in [6, 6.07) is 3.10. The predicted molar refractivity (Wildman–Crippen MR) is 73.9 cm³/mol. The molecule has 0 bridgehead atoms. The van der Waals surface area contributed by atoms with Crippen molar-refractivity contribution >= 4 is 23.2 Å². The number of hydrogen-bond donors (Lipinski definition) is 2. The molecule has 6 heteroatoms. The lowest BCUT2D eigenvalue weighted by molar-refractivity contribution is 0.0702. The van der Waals surface area contributed by atoms with Gasteiger partial charge in [0.25, 0.3) is 5.91 Å². The van der Waals surface area contributed by atoms with Crippen LogP contribution in [0.4, 0.5) is 0 Å². The number of carbonyl (C=O) groups excluding carboxylic acids is 1. The third kappa shape index (κ3) is 3.78. The number of nitrogens with one attached hydrogen (secondary N) is 1. The van der Waals surface area contributed by atoms with Crippen molar-refractivity contribution in [3.8, 4) is 0 Å². The Morgan fingerprint density at radius 3 is 2.58 bits per heavy atom. The molecule has 1 aliphatic heterocycles. The Labute approximate surface area is 116 Å². The number of amides is 1. The third-order valence-electron chi connectivity index (χ3n) is 3.15. The molecule has 0 spiro atoms. The standard InChI is InChI=1S/C13H18N2O3S/c1-9(8-15-6-2-3-7-15)14-12(16)10-4-5-11(19-10)13(17)18/h4-5,9H,2-3,6-8H2,1H3,(H,14,16)(H,17,18). The van der Waals surface area contributed by atoms with Gasteiger partial charge in [0.1, 0.15) is 4.88 Å². The summed E-state index contributed by atoms with van der Waals surface area (Å²) in [5.74, 6) is -1.18. The molecule has 1 unspecified atom stereocenters. The van der Waals surface area contributed by atoms with Crippen LogP contribution < -0.4 is 5.32 Å². The van der Waals surface area contributed by atoms with E-state index in [2.05, 4.69) is 10.2 Å². The maximum Gasteiger partial charge on any atom is 0.345 e. The molecule has 1 atom stereocenters. The van der Waals surface area contributed by atoms with Crippen molar-refractivity contribution in [3.05, 3.63) is 21.9 Å². The van der Waals surface area contributed by atoms with Crippen molar-refractivity contribution in [3.63, 3.8) is 0 Å². The third-order valence-corrected chi connectivity index (χ3v) is 4.22. The maximum absolute atomic E-state index is 12.0. The Balaban J connectivity index is 1.86. The van der Waals surface area contributed by atoms with Crippen molar-refractivity contribution in [1.82, 2.24) is 10.2 Å². The van der Waals surface area contributed by atoms with Crippen molar-refractivity contribution < 1.29 is 14.7 Å². The minimum Gasteiger partial charge on any atom is -0.477 e. The van der Waals surface area contributed by atoms with Gasteiger partial charge in [-0.25, -0.2) is 4.79 Å². The van der Waals surface area contributed by atoms with Gasteiger partial charge in [0.2, 0.25) is 0 Å². The van der Waals surface area contributed by atoms with Crippen molar-refractivity contribution in [1.29, 1.82) is 0 Å². The minimum absolute atomic E-state index is 0.0704. The summed E-state index contributed by atoms with van der Waals surface area (Å²) in [6.45, 7) is 5.02. The van der Waals surface area contributed by atoms with E-state index in [4.69, 9.17) is 5.11 Å². The highest BCUT2D eigenvalue weighted by molar-refractivity contribution is 7.15. The Bertz CT molecular complexity index is 466. The second-order valence-corrected chi connectivity index (χ2v) is 5.94. The zero-order valence-electron chi connectivity index (χ0n) is 10.9. The van der Waals surface area contributed by atoms with Crippen molar-refractivity contribution in [2.75, 3.05) is 19.6 Å². The van der Waals surface area contributed by atoms with Crippen molar-refractivity contribution in [2.45, 2.75) is 25.8 Å². The van der Waals surface area contributed by atoms with E-state index in [0.29, 0.717) is 4.88 Å². The number of carboxylic acid groups (broad SMARTS) is 1. The highest BCUT2D eigenvalue weighted by Gasteiger charge is 2.18. The fraction of sp³-hybridized carbons (Fsp3) is 0.538. The molecule has 2 heterocycles.